The first-order valence-corrected chi connectivity index (χ1v) is 8.52. The molecule has 0 radical (unpaired) electrons. The summed E-state index contributed by atoms with van der Waals surface area (Å²) in [5.41, 5.74) is 1.22. The van der Waals surface area contributed by atoms with Crippen molar-refractivity contribution in [3.63, 3.8) is 0 Å². The van der Waals surface area contributed by atoms with Crippen LogP contribution in [0.25, 0.3) is 0 Å². The maximum Gasteiger partial charge on any atom is 0.416 e. The number of rotatable bonds is 5. The topological polar surface area (TPSA) is 72.1 Å². The van der Waals surface area contributed by atoms with Crippen LogP contribution >= 0.6 is 0 Å². The van der Waals surface area contributed by atoms with E-state index in [0.717, 1.165) is 23.5 Å². The normalized spacial score (nSPS) is 12.6. The Morgan fingerprint density at radius 1 is 1.21 bits per heavy atom. The highest BCUT2D eigenvalue weighted by atomic mass is 19.4. The highest BCUT2D eigenvalue weighted by molar-refractivity contribution is 5.89. The van der Waals surface area contributed by atoms with Crippen LogP contribution < -0.4 is 10.6 Å². The van der Waals surface area contributed by atoms with E-state index in [2.05, 4.69) is 15.7 Å². The summed E-state index contributed by atoms with van der Waals surface area (Å²) in [4.78, 5) is 12.2. The van der Waals surface area contributed by atoms with E-state index in [0.29, 0.717) is 5.76 Å². The van der Waals surface area contributed by atoms with Crippen LogP contribution in [0.4, 0.5) is 23.7 Å². The molecule has 0 fully saturated rings. The standard InChI is InChI=1S/C19H19F3N4O2/c1-12-10-13(2)26(25-12)16(17-4-3-9-28-17)11-23-18(27)24-15-7-5-14(6-8-15)19(20,21)22/h3-10,16H,11H2,1-2H3,(H2,23,24,27). The third kappa shape index (κ3) is 4.54. The second-order valence-electron chi connectivity index (χ2n) is 6.31. The monoisotopic (exact) mass is 392 g/mol. The number of nitrogens with zero attached hydrogens (tertiary/aromatic N) is 2. The zero-order chi connectivity index (χ0) is 20.3. The van der Waals surface area contributed by atoms with Crippen molar-refractivity contribution in [2.45, 2.75) is 26.1 Å². The quantitative estimate of drug-likeness (QED) is 0.670. The molecule has 2 N–H and O–H groups in total. The average Bonchev–Trinajstić information content (AvgIpc) is 3.25. The number of hydrogen-bond donors (Lipinski definition) is 2. The van der Waals surface area contributed by atoms with Gasteiger partial charge in [-0.3, -0.25) is 4.68 Å². The molecule has 1 unspecified atom stereocenters. The number of halogens is 3. The van der Waals surface area contributed by atoms with Crippen molar-refractivity contribution in [3.8, 4) is 0 Å². The number of carbonyl (C=O) groups is 1. The van der Waals surface area contributed by atoms with Crippen LogP contribution in [-0.2, 0) is 6.18 Å². The summed E-state index contributed by atoms with van der Waals surface area (Å²) in [6.07, 6.45) is -2.88. The van der Waals surface area contributed by atoms with Gasteiger partial charge in [-0.1, -0.05) is 0 Å². The van der Waals surface area contributed by atoms with Gasteiger partial charge in [0.1, 0.15) is 11.8 Å². The fourth-order valence-corrected chi connectivity index (χ4v) is 2.86. The van der Waals surface area contributed by atoms with Gasteiger partial charge < -0.3 is 15.1 Å². The van der Waals surface area contributed by atoms with Gasteiger partial charge in [0, 0.05) is 17.9 Å². The van der Waals surface area contributed by atoms with Gasteiger partial charge in [0.25, 0.3) is 0 Å². The number of aryl methyl sites for hydroxylation is 2. The highest BCUT2D eigenvalue weighted by Crippen LogP contribution is 2.29. The molecular weight excluding hydrogens is 373 g/mol. The number of anilines is 1. The Hall–Kier alpha value is -3.23. The Kier molecular flexibility index (Phi) is 5.43. The molecule has 9 heteroatoms. The van der Waals surface area contributed by atoms with Gasteiger partial charge in [0.05, 0.1) is 17.5 Å². The van der Waals surface area contributed by atoms with E-state index in [1.54, 1.807) is 16.8 Å². The van der Waals surface area contributed by atoms with Gasteiger partial charge in [0.2, 0.25) is 0 Å². The molecule has 0 aliphatic rings. The average molecular weight is 392 g/mol. The third-order valence-corrected chi connectivity index (χ3v) is 4.14. The number of nitrogens with one attached hydrogen (secondary N) is 2. The largest absolute Gasteiger partial charge is 0.467 e. The summed E-state index contributed by atoms with van der Waals surface area (Å²) in [6.45, 7) is 3.95. The predicted octanol–water partition coefficient (Wildman–Crippen LogP) is 4.52. The summed E-state index contributed by atoms with van der Waals surface area (Å²) < 4.78 is 45.0. The first kappa shape index (κ1) is 19.5. The fourth-order valence-electron chi connectivity index (χ4n) is 2.86. The molecule has 0 bridgehead atoms. The molecule has 2 amide bonds. The smallest absolute Gasteiger partial charge is 0.416 e. The summed E-state index contributed by atoms with van der Waals surface area (Å²) in [5, 5.41) is 9.66. The van der Waals surface area contributed by atoms with Crippen LogP contribution in [-0.4, -0.2) is 22.4 Å². The molecule has 1 atom stereocenters. The predicted molar refractivity (Wildman–Crippen MR) is 97.0 cm³/mol. The maximum absolute atomic E-state index is 12.6. The van der Waals surface area contributed by atoms with Crippen LogP contribution in [0.3, 0.4) is 0 Å². The second-order valence-corrected chi connectivity index (χ2v) is 6.31. The van der Waals surface area contributed by atoms with Gasteiger partial charge in [-0.15, -0.1) is 0 Å². The van der Waals surface area contributed by atoms with Crippen LogP contribution in [0, 0.1) is 13.8 Å². The van der Waals surface area contributed by atoms with E-state index in [4.69, 9.17) is 4.42 Å². The lowest BCUT2D eigenvalue weighted by Gasteiger charge is -2.18. The molecular formula is C19H19F3N4O2. The molecule has 6 nitrogen and oxygen atoms in total. The van der Waals surface area contributed by atoms with Crippen LogP contribution in [0.5, 0.6) is 0 Å². The Balaban J connectivity index is 1.66. The van der Waals surface area contributed by atoms with Crippen LogP contribution in [0.1, 0.15) is 28.8 Å². The molecule has 2 heterocycles. The number of benzene rings is 1. The zero-order valence-electron chi connectivity index (χ0n) is 15.2. The van der Waals surface area contributed by atoms with Crippen molar-refractivity contribution in [2.24, 2.45) is 0 Å². The Labute approximate surface area is 159 Å². The number of furan rings is 1. The van der Waals surface area contributed by atoms with Crippen molar-refractivity contribution >= 4 is 11.7 Å². The first-order valence-electron chi connectivity index (χ1n) is 8.52. The molecule has 1 aromatic carbocycles. The summed E-state index contributed by atoms with van der Waals surface area (Å²) in [7, 11) is 0. The van der Waals surface area contributed by atoms with Crippen molar-refractivity contribution in [2.75, 3.05) is 11.9 Å². The molecule has 2 aromatic heterocycles. The SMILES string of the molecule is Cc1cc(C)n(C(CNC(=O)Nc2ccc(C(F)(F)F)cc2)c2ccco2)n1. The molecule has 0 aliphatic carbocycles. The molecule has 28 heavy (non-hydrogen) atoms. The van der Waals surface area contributed by atoms with Gasteiger partial charge in [-0.2, -0.15) is 18.3 Å². The fraction of sp³-hybridized carbons (Fsp3) is 0.263. The lowest BCUT2D eigenvalue weighted by Crippen LogP contribution is -2.35. The molecule has 3 rings (SSSR count). The number of hydrogen-bond acceptors (Lipinski definition) is 3. The molecule has 0 aliphatic heterocycles. The molecule has 0 saturated heterocycles. The van der Waals surface area contributed by atoms with E-state index >= 15 is 0 Å². The van der Waals surface area contributed by atoms with Crippen molar-refractivity contribution in [3.05, 3.63) is 71.4 Å². The van der Waals surface area contributed by atoms with Crippen molar-refractivity contribution in [1.29, 1.82) is 0 Å². The molecule has 0 saturated carbocycles. The zero-order valence-corrected chi connectivity index (χ0v) is 15.2. The summed E-state index contributed by atoms with van der Waals surface area (Å²) >= 11 is 0. The highest BCUT2D eigenvalue weighted by Gasteiger charge is 2.30. The summed E-state index contributed by atoms with van der Waals surface area (Å²) in [6, 6.07) is 8.78. The minimum atomic E-state index is -4.42. The lowest BCUT2D eigenvalue weighted by molar-refractivity contribution is -0.137. The number of urea groups is 1. The van der Waals surface area contributed by atoms with E-state index in [1.165, 1.54) is 18.4 Å². The van der Waals surface area contributed by atoms with Gasteiger partial charge in [-0.25, -0.2) is 4.79 Å². The first-order chi connectivity index (χ1) is 13.2. The minimum Gasteiger partial charge on any atom is -0.467 e. The maximum atomic E-state index is 12.6. The number of alkyl halides is 3. The third-order valence-electron chi connectivity index (χ3n) is 4.14. The number of amides is 2. The summed E-state index contributed by atoms with van der Waals surface area (Å²) in [5.74, 6) is 0.626. The molecule has 3 aromatic rings. The van der Waals surface area contributed by atoms with Crippen LogP contribution in [0.15, 0.2) is 53.1 Å². The van der Waals surface area contributed by atoms with Gasteiger partial charge in [0.15, 0.2) is 0 Å². The van der Waals surface area contributed by atoms with Gasteiger partial charge in [-0.05, 0) is 56.3 Å². The Morgan fingerprint density at radius 2 is 1.93 bits per heavy atom. The van der Waals surface area contributed by atoms with E-state index in [9.17, 15) is 18.0 Å². The van der Waals surface area contributed by atoms with Crippen molar-refractivity contribution in [1.82, 2.24) is 15.1 Å². The number of aromatic nitrogens is 2. The van der Waals surface area contributed by atoms with E-state index in [1.807, 2.05) is 19.9 Å². The lowest BCUT2D eigenvalue weighted by atomic mass is 10.2. The van der Waals surface area contributed by atoms with E-state index in [-0.39, 0.29) is 18.3 Å². The van der Waals surface area contributed by atoms with Crippen LogP contribution in [0.2, 0.25) is 0 Å². The Morgan fingerprint density at radius 3 is 2.46 bits per heavy atom. The second kappa shape index (κ2) is 7.79. The molecule has 148 valence electrons. The van der Waals surface area contributed by atoms with Crippen molar-refractivity contribution < 1.29 is 22.4 Å². The minimum absolute atomic E-state index is 0.182. The van der Waals surface area contributed by atoms with E-state index < -0.39 is 17.8 Å². The molecule has 0 spiro atoms. The number of carbonyl (C=O) groups excluding carboxylic acids is 1. The Bertz CT molecular complexity index is 931. The van der Waals surface area contributed by atoms with Gasteiger partial charge >= 0.3 is 12.2 Å².